The molecule has 0 unspecified atom stereocenters. The Morgan fingerprint density at radius 1 is 1.04 bits per heavy atom. The van der Waals surface area contributed by atoms with Crippen LogP contribution in [0.4, 0.5) is 17.1 Å². The highest BCUT2D eigenvalue weighted by molar-refractivity contribution is 8.00. The van der Waals surface area contributed by atoms with E-state index in [9.17, 15) is 19.7 Å². The third-order valence-electron chi connectivity index (χ3n) is 3.82. The smallest absolute Gasteiger partial charge is 0.271 e. The van der Waals surface area contributed by atoms with Crippen LogP contribution in [0.25, 0.3) is 0 Å². The number of carbonyl (C=O) groups is 2. The maximum absolute atomic E-state index is 12.0. The molecular weight excluding hydrogens is 366 g/mol. The van der Waals surface area contributed by atoms with Gasteiger partial charge in [-0.1, -0.05) is 25.1 Å². The molecule has 2 aromatic carbocycles. The molecule has 0 aliphatic carbocycles. The third kappa shape index (κ3) is 6.41. The Balaban J connectivity index is 1.79. The molecule has 8 heteroatoms. The van der Waals surface area contributed by atoms with Gasteiger partial charge in [0.05, 0.1) is 22.1 Å². The second-order valence-corrected chi connectivity index (χ2v) is 6.88. The van der Waals surface area contributed by atoms with Gasteiger partial charge in [0, 0.05) is 17.8 Å². The predicted octanol–water partition coefficient (Wildman–Crippen LogP) is 3.78. The first-order valence-electron chi connectivity index (χ1n) is 8.40. The number of nitrogens with one attached hydrogen (secondary N) is 2. The zero-order valence-electron chi connectivity index (χ0n) is 15.2. The number of nitro groups is 1. The zero-order valence-corrected chi connectivity index (χ0v) is 16.0. The van der Waals surface area contributed by atoms with Gasteiger partial charge in [-0.25, -0.2) is 0 Å². The maximum atomic E-state index is 12.0. The van der Waals surface area contributed by atoms with Crippen LogP contribution in [-0.2, 0) is 16.0 Å². The fourth-order valence-corrected chi connectivity index (χ4v) is 2.92. The third-order valence-corrected chi connectivity index (χ3v) is 4.75. The van der Waals surface area contributed by atoms with Crippen LogP contribution in [0, 0.1) is 17.0 Å². The second-order valence-electron chi connectivity index (χ2n) is 5.90. The van der Waals surface area contributed by atoms with Crippen molar-refractivity contribution >= 4 is 40.6 Å². The number of benzene rings is 2. The van der Waals surface area contributed by atoms with E-state index in [4.69, 9.17) is 0 Å². The summed E-state index contributed by atoms with van der Waals surface area (Å²) in [4.78, 5) is 34.3. The molecule has 0 saturated heterocycles. The lowest BCUT2D eigenvalue weighted by Gasteiger charge is -2.08. The fraction of sp³-hybridized carbons (Fsp3) is 0.263. The molecular formula is C19H21N3O4S. The van der Waals surface area contributed by atoms with Gasteiger partial charge in [0.1, 0.15) is 0 Å². The van der Waals surface area contributed by atoms with E-state index in [0.29, 0.717) is 5.69 Å². The molecule has 0 spiro atoms. The average Bonchev–Trinajstić information content (AvgIpc) is 2.64. The lowest BCUT2D eigenvalue weighted by atomic mass is 10.1. The quantitative estimate of drug-likeness (QED) is 0.530. The van der Waals surface area contributed by atoms with Crippen molar-refractivity contribution in [2.24, 2.45) is 0 Å². The summed E-state index contributed by atoms with van der Waals surface area (Å²) in [5.74, 6) is -0.298. The number of aryl methyl sites for hydroxylation is 2. The van der Waals surface area contributed by atoms with Gasteiger partial charge >= 0.3 is 0 Å². The summed E-state index contributed by atoms with van der Waals surface area (Å²) in [5.41, 5.74) is 2.95. The highest BCUT2D eigenvalue weighted by Crippen LogP contribution is 2.22. The first kappa shape index (κ1) is 20.4. The molecule has 0 atom stereocenters. The van der Waals surface area contributed by atoms with E-state index in [1.165, 1.54) is 29.5 Å². The summed E-state index contributed by atoms with van der Waals surface area (Å²) in [7, 11) is 0. The number of thioether (sulfide) groups is 1. The van der Waals surface area contributed by atoms with Gasteiger partial charge in [-0.15, -0.1) is 11.8 Å². The largest absolute Gasteiger partial charge is 0.325 e. The predicted molar refractivity (Wildman–Crippen MR) is 108 cm³/mol. The molecule has 7 nitrogen and oxygen atoms in total. The summed E-state index contributed by atoms with van der Waals surface area (Å²) in [5, 5.41) is 16.3. The number of hydrogen-bond donors (Lipinski definition) is 2. The zero-order chi connectivity index (χ0) is 19.8. The molecule has 0 radical (unpaired) electrons. The van der Waals surface area contributed by atoms with E-state index in [0.717, 1.165) is 17.7 Å². The maximum Gasteiger partial charge on any atom is 0.271 e. The monoisotopic (exact) mass is 387 g/mol. The van der Waals surface area contributed by atoms with Crippen LogP contribution in [0.15, 0.2) is 42.5 Å². The summed E-state index contributed by atoms with van der Waals surface area (Å²) >= 11 is 1.17. The van der Waals surface area contributed by atoms with E-state index in [1.807, 2.05) is 24.3 Å². The van der Waals surface area contributed by atoms with Gasteiger partial charge < -0.3 is 10.6 Å². The first-order valence-corrected chi connectivity index (χ1v) is 9.56. The van der Waals surface area contributed by atoms with Crippen molar-refractivity contribution in [1.29, 1.82) is 0 Å². The van der Waals surface area contributed by atoms with E-state index in [-0.39, 0.29) is 29.0 Å². The number of rotatable bonds is 8. The standard InChI is InChI=1S/C19H21N3O4S/c1-3-14-5-7-15(8-6-14)20-18(23)11-27-12-19(24)21-17-10-16(22(25)26)9-4-13(17)2/h4-10H,3,11-12H2,1-2H3,(H,20,23)(H,21,24). The van der Waals surface area contributed by atoms with Crippen LogP contribution in [-0.4, -0.2) is 28.2 Å². The van der Waals surface area contributed by atoms with Crippen LogP contribution in [0.1, 0.15) is 18.1 Å². The molecule has 0 heterocycles. The van der Waals surface area contributed by atoms with Crippen molar-refractivity contribution in [3.63, 3.8) is 0 Å². The van der Waals surface area contributed by atoms with Gasteiger partial charge in [0.2, 0.25) is 11.8 Å². The molecule has 2 N–H and O–H groups in total. The topological polar surface area (TPSA) is 101 Å². The second kappa shape index (κ2) is 9.72. The Hall–Kier alpha value is -2.87. The fourth-order valence-electron chi connectivity index (χ4n) is 2.30. The van der Waals surface area contributed by atoms with Crippen LogP contribution in [0.3, 0.4) is 0 Å². The number of nitro benzene ring substituents is 1. The van der Waals surface area contributed by atoms with Gasteiger partial charge in [0.25, 0.3) is 5.69 Å². The Labute approximate surface area is 161 Å². The van der Waals surface area contributed by atoms with Crippen molar-refractivity contribution in [1.82, 2.24) is 0 Å². The lowest BCUT2D eigenvalue weighted by molar-refractivity contribution is -0.384. The Bertz CT molecular complexity index is 837. The Kier molecular flexibility index (Phi) is 7.36. The highest BCUT2D eigenvalue weighted by atomic mass is 32.2. The highest BCUT2D eigenvalue weighted by Gasteiger charge is 2.12. The Morgan fingerprint density at radius 2 is 1.67 bits per heavy atom. The molecule has 0 aliphatic heterocycles. The van der Waals surface area contributed by atoms with Crippen LogP contribution in [0.2, 0.25) is 0 Å². The van der Waals surface area contributed by atoms with Crippen LogP contribution < -0.4 is 10.6 Å². The van der Waals surface area contributed by atoms with Crippen molar-refractivity contribution < 1.29 is 14.5 Å². The van der Waals surface area contributed by atoms with Gasteiger partial charge in [0.15, 0.2) is 0 Å². The molecule has 0 aromatic heterocycles. The minimum Gasteiger partial charge on any atom is -0.325 e. The molecule has 0 saturated carbocycles. The van der Waals surface area contributed by atoms with E-state index in [1.54, 1.807) is 13.0 Å². The molecule has 2 rings (SSSR count). The van der Waals surface area contributed by atoms with Crippen molar-refractivity contribution in [2.45, 2.75) is 20.3 Å². The summed E-state index contributed by atoms with van der Waals surface area (Å²) in [6.07, 6.45) is 0.934. The number of carbonyl (C=O) groups excluding carboxylic acids is 2. The van der Waals surface area contributed by atoms with Gasteiger partial charge in [-0.3, -0.25) is 19.7 Å². The molecule has 2 amide bonds. The average molecular weight is 387 g/mol. The van der Waals surface area contributed by atoms with Gasteiger partial charge in [-0.2, -0.15) is 0 Å². The number of nitrogens with zero attached hydrogens (tertiary/aromatic N) is 1. The molecule has 0 aliphatic rings. The molecule has 0 fully saturated rings. The number of amides is 2. The minimum absolute atomic E-state index is 0.0737. The molecule has 27 heavy (non-hydrogen) atoms. The number of anilines is 2. The SMILES string of the molecule is CCc1ccc(NC(=O)CSCC(=O)Nc2cc([N+](=O)[O-])ccc2C)cc1. The summed E-state index contributed by atoms with van der Waals surface area (Å²) < 4.78 is 0. The lowest BCUT2D eigenvalue weighted by Crippen LogP contribution is -2.18. The normalized spacial score (nSPS) is 10.3. The summed E-state index contributed by atoms with van der Waals surface area (Å²) in [6.45, 7) is 3.81. The number of non-ortho nitro benzene ring substituents is 1. The first-order chi connectivity index (χ1) is 12.9. The van der Waals surface area contributed by atoms with Crippen molar-refractivity contribution in [3.8, 4) is 0 Å². The van der Waals surface area contributed by atoms with Crippen molar-refractivity contribution in [2.75, 3.05) is 22.1 Å². The minimum atomic E-state index is -0.513. The van der Waals surface area contributed by atoms with Crippen LogP contribution in [0.5, 0.6) is 0 Å². The molecule has 142 valence electrons. The van der Waals surface area contributed by atoms with Crippen molar-refractivity contribution in [3.05, 3.63) is 63.7 Å². The molecule has 0 bridgehead atoms. The van der Waals surface area contributed by atoms with E-state index >= 15 is 0 Å². The Morgan fingerprint density at radius 3 is 2.26 bits per heavy atom. The number of hydrogen-bond acceptors (Lipinski definition) is 5. The van der Waals surface area contributed by atoms with Crippen LogP contribution >= 0.6 is 11.8 Å². The summed E-state index contributed by atoms with van der Waals surface area (Å²) in [6, 6.07) is 11.9. The van der Waals surface area contributed by atoms with E-state index < -0.39 is 4.92 Å². The molecule has 2 aromatic rings. The van der Waals surface area contributed by atoms with Gasteiger partial charge in [-0.05, 0) is 36.6 Å². The van der Waals surface area contributed by atoms with E-state index in [2.05, 4.69) is 17.6 Å².